The lowest BCUT2D eigenvalue weighted by atomic mass is 10.0. The highest BCUT2D eigenvalue weighted by Gasteiger charge is 2.25. The van der Waals surface area contributed by atoms with Gasteiger partial charge in [0.05, 0.1) is 26.9 Å². The van der Waals surface area contributed by atoms with Crippen LogP contribution in [0.4, 0.5) is 0 Å². The Morgan fingerprint density at radius 2 is 1.94 bits per heavy atom. The summed E-state index contributed by atoms with van der Waals surface area (Å²) in [6, 6.07) is 15.6. The minimum absolute atomic E-state index is 0.0641. The van der Waals surface area contributed by atoms with Crippen molar-refractivity contribution in [3.63, 3.8) is 0 Å². The summed E-state index contributed by atoms with van der Waals surface area (Å²) >= 11 is 7.76. The van der Waals surface area contributed by atoms with Crippen molar-refractivity contribution >= 4 is 32.8 Å². The summed E-state index contributed by atoms with van der Waals surface area (Å²) in [5.74, 6) is 0.397. The first kappa shape index (κ1) is 22.3. The summed E-state index contributed by atoms with van der Waals surface area (Å²) in [6.45, 7) is 4.12. The van der Waals surface area contributed by atoms with Gasteiger partial charge in [-0.25, -0.2) is 13.4 Å². The van der Waals surface area contributed by atoms with Crippen molar-refractivity contribution in [3.8, 4) is 5.75 Å². The molecule has 5 nitrogen and oxygen atoms in total. The van der Waals surface area contributed by atoms with Gasteiger partial charge in [0, 0.05) is 24.5 Å². The molecule has 0 saturated carbocycles. The second-order valence-electron chi connectivity index (χ2n) is 7.77. The lowest BCUT2D eigenvalue weighted by Gasteiger charge is -2.36. The first-order chi connectivity index (χ1) is 14.9. The molecule has 2 aromatic carbocycles. The molecule has 1 aliphatic heterocycles. The number of thiazole rings is 1. The van der Waals surface area contributed by atoms with Gasteiger partial charge in [0.25, 0.3) is 0 Å². The van der Waals surface area contributed by atoms with E-state index in [1.807, 2.05) is 6.07 Å². The molecule has 1 atom stereocenters. The number of piperidine rings is 1. The van der Waals surface area contributed by atoms with E-state index >= 15 is 0 Å². The number of hydrogen-bond donors (Lipinski definition) is 0. The van der Waals surface area contributed by atoms with Crippen LogP contribution in [0.2, 0.25) is 5.02 Å². The van der Waals surface area contributed by atoms with Crippen LogP contribution in [-0.4, -0.2) is 37.5 Å². The van der Waals surface area contributed by atoms with Crippen LogP contribution in [0.3, 0.4) is 0 Å². The Morgan fingerprint density at radius 3 is 2.58 bits per heavy atom. The van der Waals surface area contributed by atoms with E-state index in [4.69, 9.17) is 16.3 Å². The number of rotatable bonds is 7. The summed E-state index contributed by atoms with van der Waals surface area (Å²) in [6.07, 6.45) is 1.86. The monoisotopic (exact) mass is 476 g/mol. The standard InChI is InChI=1S/C23H25ClN2O3S2/c1-17(18-5-3-2-4-6-18)26-11-9-20(10-12-26)29-23-8-7-21(13-22(23)24)31(27,28)15-19-14-30-16-25-19/h2-8,13-14,16-17,20H,9-12,15H2,1H3/t17-/m1/s1. The molecule has 1 saturated heterocycles. The number of benzene rings is 2. The van der Waals surface area contributed by atoms with Crippen molar-refractivity contribution in [2.75, 3.05) is 13.1 Å². The van der Waals surface area contributed by atoms with Gasteiger partial charge < -0.3 is 4.74 Å². The Morgan fingerprint density at radius 1 is 1.19 bits per heavy atom. The summed E-state index contributed by atoms with van der Waals surface area (Å²) in [5, 5.41) is 2.06. The lowest BCUT2D eigenvalue weighted by molar-refractivity contribution is 0.0797. The van der Waals surface area contributed by atoms with Crippen LogP contribution >= 0.6 is 22.9 Å². The molecule has 0 amide bonds. The topological polar surface area (TPSA) is 59.5 Å². The van der Waals surface area contributed by atoms with Gasteiger partial charge in [0.15, 0.2) is 9.84 Å². The average Bonchev–Trinajstić information content (AvgIpc) is 3.28. The van der Waals surface area contributed by atoms with Gasteiger partial charge in [-0.05, 0) is 43.5 Å². The Hall–Kier alpha value is -1.93. The van der Waals surface area contributed by atoms with Gasteiger partial charge in [-0.15, -0.1) is 11.3 Å². The number of likely N-dealkylation sites (tertiary alicyclic amines) is 1. The van der Waals surface area contributed by atoms with E-state index in [0.717, 1.165) is 25.9 Å². The maximum Gasteiger partial charge on any atom is 0.184 e. The quantitative estimate of drug-likeness (QED) is 0.458. The number of hydrogen-bond acceptors (Lipinski definition) is 6. The summed E-state index contributed by atoms with van der Waals surface area (Å²) in [4.78, 5) is 6.71. The van der Waals surface area contributed by atoms with E-state index < -0.39 is 9.84 Å². The fourth-order valence-corrected chi connectivity index (χ4v) is 6.10. The van der Waals surface area contributed by atoms with Crippen LogP contribution in [0.5, 0.6) is 5.75 Å². The molecule has 3 aromatic rings. The highest BCUT2D eigenvalue weighted by molar-refractivity contribution is 7.90. The molecule has 8 heteroatoms. The van der Waals surface area contributed by atoms with Gasteiger partial charge >= 0.3 is 0 Å². The number of aromatic nitrogens is 1. The number of nitrogens with zero attached hydrogens (tertiary/aromatic N) is 2. The summed E-state index contributed by atoms with van der Waals surface area (Å²) in [7, 11) is -3.50. The van der Waals surface area contributed by atoms with E-state index in [2.05, 4.69) is 41.1 Å². The lowest BCUT2D eigenvalue weighted by Crippen LogP contribution is -2.39. The van der Waals surface area contributed by atoms with Gasteiger partial charge in [0.2, 0.25) is 0 Å². The van der Waals surface area contributed by atoms with Gasteiger partial charge in [-0.2, -0.15) is 0 Å². The molecular weight excluding hydrogens is 452 g/mol. The van der Waals surface area contributed by atoms with E-state index in [1.165, 1.54) is 23.0 Å². The van der Waals surface area contributed by atoms with E-state index in [1.54, 1.807) is 23.0 Å². The molecule has 164 valence electrons. The van der Waals surface area contributed by atoms with Crippen molar-refractivity contribution in [3.05, 3.63) is 75.7 Å². The van der Waals surface area contributed by atoms with Crippen molar-refractivity contribution in [1.29, 1.82) is 0 Å². The van der Waals surface area contributed by atoms with Crippen LogP contribution in [-0.2, 0) is 15.6 Å². The molecule has 1 fully saturated rings. The predicted molar refractivity (Wildman–Crippen MR) is 125 cm³/mol. The number of ether oxygens (including phenoxy) is 1. The van der Waals surface area contributed by atoms with Gasteiger partial charge in [0.1, 0.15) is 11.9 Å². The average molecular weight is 477 g/mol. The maximum atomic E-state index is 12.6. The summed E-state index contributed by atoms with van der Waals surface area (Å²) in [5.41, 5.74) is 3.48. The van der Waals surface area contributed by atoms with Gasteiger partial charge in [-0.1, -0.05) is 41.9 Å². The normalized spacial score (nSPS) is 16.8. The van der Waals surface area contributed by atoms with Crippen LogP contribution in [0.1, 0.15) is 37.1 Å². The smallest absolute Gasteiger partial charge is 0.184 e. The van der Waals surface area contributed by atoms with Crippen molar-refractivity contribution in [1.82, 2.24) is 9.88 Å². The molecule has 1 aromatic heterocycles. The van der Waals surface area contributed by atoms with Crippen LogP contribution in [0.15, 0.2) is 64.3 Å². The highest BCUT2D eigenvalue weighted by Crippen LogP contribution is 2.32. The van der Waals surface area contributed by atoms with Crippen LogP contribution < -0.4 is 4.74 Å². The van der Waals surface area contributed by atoms with E-state index in [-0.39, 0.29) is 16.8 Å². The zero-order valence-electron chi connectivity index (χ0n) is 17.3. The zero-order chi connectivity index (χ0) is 21.8. The third-order valence-corrected chi connectivity index (χ3v) is 8.26. The molecule has 0 bridgehead atoms. The van der Waals surface area contributed by atoms with Crippen molar-refractivity contribution in [2.24, 2.45) is 0 Å². The largest absolute Gasteiger partial charge is 0.489 e. The van der Waals surface area contributed by atoms with Crippen LogP contribution in [0, 0.1) is 0 Å². The molecule has 1 aliphatic rings. The summed E-state index contributed by atoms with van der Waals surface area (Å²) < 4.78 is 31.4. The minimum atomic E-state index is -3.50. The SMILES string of the molecule is C[C@H](c1ccccc1)N1CCC(Oc2ccc(S(=O)(=O)Cc3cscn3)cc2Cl)CC1. The molecule has 0 N–H and O–H groups in total. The Balaban J connectivity index is 1.36. The molecule has 0 unspecified atom stereocenters. The molecule has 0 radical (unpaired) electrons. The third-order valence-electron chi connectivity index (χ3n) is 5.68. The highest BCUT2D eigenvalue weighted by atomic mass is 35.5. The van der Waals surface area contributed by atoms with Gasteiger partial charge in [-0.3, -0.25) is 4.90 Å². The molecule has 0 spiro atoms. The predicted octanol–water partition coefficient (Wildman–Crippen LogP) is 5.37. The second-order valence-corrected chi connectivity index (χ2v) is 10.9. The Kier molecular flexibility index (Phi) is 6.96. The van der Waals surface area contributed by atoms with Crippen molar-refractivity contribution in [2.45, 2.75) is 42.6 Å². The fourth-order valence-electron chi connectivity index (χ4n) is 3.86. The third kappa shape index (κ3) is 5.47. The first-order valence-corrected chi connectivity index (χ1v) is 13.2. The fraction of sp³-hybridized carbons (Fsp3) is 0.348. The Labute approximate surface area is 192 Å². The van der Waals surface area contributed by atoms with Crippen LogP contribution in [0.25, 0.3) is 0 Å². The molecule has 0 aliphatic carbocycles. The number of halogens is 1. The number of sulfone groups is 1. The zero-order valence-corrected chi connectivity index (χ0v) is 19.7. The molecule has 31 heavy (non-hydrogen) atoms. The molecule has 2 heterocycles. The first-order valence-electron chi connectivity index (χ1n) is 10.3. The molecule has 4 rings (SSSR count). The van der Waals surface area contributed by atoms with E-state index in [9.17, 15) is 8.42 Å². The molecular formula is C23H25ClN2O3S2. The maximum absolute atomic E-state index is 12.6. The van der Waals surface area contributed by atoms with E-state index in [0.29, 0.717) is 22.5 Å². The Bertz CT molecular complexity index is 1100. The van der Waals surface area contributed by atoms with Crippen molar-refractivity contribution < 1.29 is 13.2 Å². The minimum Gasteiger partial charge on any atom is -0.489 e. The second kappa shape index (κ2) is 9.69.